The lowest BCUT2D eigenvalue weighted by Gasteiger charge is -2.13. The molecule has 0 unspecified atom stereocenters. The van der Waals surface area contributed by atoms with E-state index in [0.717, 1.165) is 16.9 Å². The molecule has 6 heteroatoms. The molecule has 2 aromatic heterocycles. The number of ether oxygens (including phenoxy) is 1. The van der Waals surface area contributed by atoms with E-state index in [1.54, 1.807) is 25.6 Å². The molecule has 0 bridgehead atoms. The van der Waals surface area contributed by atoms with Crippen molar-refractivity contribution in [1.82, 2.24) is 9.97 Å². The van der Waals surface area contributed by atoms with Crippen LogP contribution in [0.4, 0.5) is 5.69 Å². The zero-order valence-corrected chi connectivity index (χ0v) is 13.2. The average molecular weight is 319 g/mol. The van der Waals surface area contributed by atoms with E-state index in [9.17, 15) is 0 Å². The second kappa shape index (κ2) is 6.37. The first-order chi connectivity index (χ1) is 11.6. The van der Waals surface area contributed by atoms with E-state index in [1.165, 1.54) is 0 Å². The van der Waals surface area contributed by atoms with Crippen molar-refractivity contribution in [2.45, 2.75) is 0 Å². The maximum Gasteiger partial charge on any atom is 0.127 e. The molecule has 0 amide bonds. The fourth-order valence-electron chi connectivity index (χ4n) is 2.47. The highest BCUT2D eigenvalue weighted by Crippen LogP contribution is 2.31. The first-order valence-corrected chi connectivity index (χ1v) is 7.30. The Bertz CT molecular complexity index is 876. The Kier molecular flexibility index (Phi) is 4.11. The minimum Gasteiger partial charge on any atom is -0.497 e. The van der Waals surface area contributed by atoms with Gasteiger partial charge in [0, 0.05) is 29.2 Å². The largest absolute Gasteiger partial charge is 0.497 e. The van der Waals surface area contributed by atoms with Gasteiger partial charge in [-0.1, -0.05) is 0 Å². The van der Waals surface area contributed by atoms with Gasteiger partial charge in [-0.15, -0.1) is 0 Å². The molecule has 0 atom stereocenters. The number of rotatable bonds is 4. The van der Waals surface area contributed by atoms with Crippen LogP contribution in [0.2, 0.25) is 0 Å². The van der Waals surface area contributed by atoms with E-state index >= 15 is 0 Å². The Labute approximate surface area is 139 Å². The van der Waals surface area contributed by atoms with Crippen LogP contribution in [0.25, 0.3) is 22.5 Å². The lowest BCUT2D eigenvalue weighted by molar-refractivity contribution is 0.415. The Morgan fingerprint density at radius 2 is 1.88 bits per heavy atom. The minimum absolute atomic E-state index is 0.122. The molecule has 0 fully saturated rings. The van der Waals surface area contributed by atoms with Crippen LogP contribution in [-0.2, 0) is 0 Å². The van der Waals surface area contributed by atoms with Gasteiger partial charge in [-0.25, -0.2) is 4.98 Å². The van der Waals surface area contributed by atoms with Gasteiger partial charge < -0.3 is 16.2 Å². The van der Waals surface area contributed by atoms with Crippen molar-refractivity contribution in [3.05, 3.63) is 60.4 Å². The molecule has 0 aliphatic rings. The molecule has 2 heterocycles. The van der Waals surface area contributed by atoms with Gasteiger partial charge in [-0.3, -0.25) is 10.4 Å². The number of aromatic nitrogens is 2. The summed E-state index contributed by atoms with van der Waals surface area (Å²) in [6.07, 6.45) is 3.41. The van der Waals surface area contributed by atoms with Gasteiger partial charge in [0.25, 0.3) is 0 Å². The van der Waals surface area contributed by atoms with Crippen molar-refractivity contribution < 1.29 is 4.74 Å². The molecular weight excluding hydrogens is 302 g/mol. The van der Waals surface area contributed by atoms with Crippen molar-refractivity contribution in [2.75, 3.05) is 12.8 Å². The Morgan fingerprint density at radius 1 is 1.12 bits per heavy atom. The first kappa shape index (κ1) is 15.5. The van der Waals surface area contributed by atoms with E-state index < -0.39 is 0 Å². The van der Waals surface area contributed by atoms with Crippen LogP contribution in [0, 0.1) is 5.41 Å². The molecule has 3 aromatic rings. The minimum atomic E-state index is -0.122. The molecule has 0 aliphatic carbocycles. The molecule has 24 heavy (non-hydrogen) atoms. The van der Waals surface area contributed by atoms with E-state index in [0.29, 0.717) is 22.6 Å². The summed E-state index contributed by atoms with van der Waals surface area (Å²) in [6.45, 7) is 0. The number of nitrogen functional groups attached to an aromatic ring is 2. The first-order valence-electron chi connectivity index (χ1n) is 7.30. The summed E-state index contributed by atoms with van der Waals surface area (Å²) in [4.78, 5) is 8.78. The number of hydrogen-bond donors (Lipinski definition) is 3. The van der Waals surface area contributed by atoms with E-state index in [1.807, 2.05) is 36.4 Å². The lowest BCUT2D eigenvalue weighted by atomic mass is 10.0. The maximum atomic E-state index is 7.84. The molecule has 3 rings (SSSR count). The molecule has 120 valence electrons. The summed E-state index contributed by atoms with van der Waals surface area (Å²) >= 11 is 0. The number of anilines is 1. The van der Waals surface area contributed by atoms with Crippen LogP contribution in [0.5, 0.6) is 5.75 Å². The third kappa shape index (κ3) is 2.89. The standard InChI is InChI=1S/C18H17N5O/c1-24-13-6-4-11(5-7-13)17-16(18(20)21)14(19)9-15(23-17)12-3-2-8-22-10-12/h2-10H,1H3,(H2,19,23)(H3,20,21). The van der Waals surface area contributed by atoms with Crippen LogP contribution in [0.1, 0.15) is 5.56 Å². The second-order valence-electron chi connectivity index (χ2n) is 5.20. The molecule has 0 spiro atoms. The number of methoxy groups -OCH3 is 1. The molecule has 0 radical (unpaired) electrons. The fourth-order valence-corrected chi connectivity index (χ4v) is 2.47. The highest BCUT2D eigenvalue weighted by molar-refractivity contribution is 6.05. The van der Waals surface area contributed by atoms with Gasteiger partial charge in [0.15, 0.2) is 0 Å². The quantitative estimate of drug-likeness (QED) is 0.506. The molecule has 0 aliphatic heterocycles. The Morgan fingerprint density at radius 3 is 2.46 bits per heavy atom. The summed E-state index contributed by atoms with van der Waals surface area (Å²) in [5.74, 6) is 0.614. The molecule has 0 saturated carbocycles. The predicted octanol–water partition coefficient (Wildman–Crippen LogP) is 2.69. The molecule has 5 N–H and O–H groups in total. The number of hydrogen-bond acceptors (Lipinski definition) is 5. The summed E-state index contributed by atoms with van der Waals surface area (Å²) in [5, 5.41) is 7.84. The maximum absolute atomic E-state index is 7.84. The SMILES string of the molecule is COc1ccc(-c2nc(-c3cccnc3)cc(N)c2C(=N)N)cc1. The number of nitrogens with zero attached hydrogens (tertiary/aromatic N) is 2. The number of pyridine rings is 2. The van der Waals surface area contributed by atoms with Crippen LogP contribution in [0.15, 0.2) is 54.9 Å². The van der Waals surface area contributed by atoms with Crippen molar-refractivity contribution >= 4 is 11.5 Å². The number of benzene rings is 1. The zero-order valence-electron chi connectivity index (χ0n) is 13.2. The summed E-state index contributed by atoms with van der Waals surface area (Å²) in [7, 11) is 1.61. The summed E-state index contributed by atoms with van der Waals surface area (Å²) < 4.78 is 5.18. The van der Waals surface area contributed by atoms with Crippen molar-refractivity contribution in [1.29, 1.82) is 5.41 Å². The summed E-state index contributed by atoms with van der Waals surface area (Å²) in [5.41, 5.74) is 15.6. The smallest absolute Gasteiger partial charge is 0.127 e. The predicted molar refractivity (Wildman–Crippen MR) is 94.9 cm³/mol. The van der Waals surface area contributed by atoms with Gasteiger partial charge >= 0.3 is 0 Å². The topological polar surface area (TPSA) is 111 Å². The van der Waals surface area contributed by atoms with Crippen molar-refractivity contribution in [3.63, 3.8) is 0 Å². The van der Waals surface area contributed by atoms with Gasteiger partial charge in [0.2, 0.25) is 0 Å². The average Bonchev–Trinajstić information content (AvgIpc) is 2.61. The highest BCUT2D eigenvalue weighted by atomic mass is 16.5. The van der Waals surface area contributed by atoms with Gasteiger partial charge in [-0.2, -0.15) is 0 Å². The zero-order chi connectivity index (χ0) is 17.1. The van der Waals surface area contributed by atoms with Crippen LogP contribution in [-0.4, -0.2) is 22.9 Å². The number of nitrogens with one attached hydrogen (secondary N) is 1. The normalized spacial score (nSPS) is 10.4. The lowest BCUT2D eigenvalue weighted by Crippen LogP contribution is -2.16. The molecule has 0 saturated heterocycles. The van der Waals surface area contributed by atoms with E-state index in [4.69, 9.17) is 21.6 Å². The van der Waals surface area contributed by atoms with E-state index in [2.05, 4.69) is 9.97 Å². The van der Waals surface area contributed by atoms with Gasteiger partial charge in [-0.05, 0) is 42.5 Å². The number of nitrogens with two attached hydrogens (primary N) is 2. The van der Waals surface area contributed by atoms with Crippen LogP contribution in [0.3, 0.4) is 0 Å². The fraction of sp³-hybridized carbons (Fsp3) is 0.0556. The van der Waals surface area contributed by atoms with Crippen LogP contribution >= 0.6 is 0 Å². The Hall–Kier alpha value is -3.41. The second-order valence-corrected chi connectivity index (χ2v) is 5.20. The molecular formula is C18H17N5O. The van der Waals surface area contributed by atoms with Crippen LogP contribution < -0.4 is 16.2 Å². The van der Waals surface area contributed by atoms with E-state index in [-0.39, 0.29) is 5.84 Å². The highest BCUT2D eigenvalue weighted by Gasteiger charge is 2.16. The number of amidine groups is 1. The van der Waals surface area contributed by atoms with Crippen molar-refractivity contribution in [2.24, 2.45) is 5.73 Å². The van der Waals surface area contributed by atoms with Gasteiger partial charge in [0.05, 0.1) is 24.1 Å². The summed E-state index contributed by atoms with van der Waals surface area (Å²) in [6, 6.07) is 12.8. The Balaban J connectivity index is 2.21. The monoisotopic (exact) mass is 319 g/mol. The van der Waals surface area contributed by atoms with Crippen molar-refractivity contribution in [3.8, 4) is 28.3 Å². The third-order valence-corrected chi connectivity index (χ3v) is 3.64. The molecule has 1 aromatic carbocycles. The van der Waals surface area contributed by atoms with Gasteiger partial charge in [0.1, 0.15) is 11.6 Å². The molecule has 6 nitrogen and oxygen atoms in total. The third-order valence-electron chi connectivity index (χ3n) is 3.64.